The Labute approximate surface area is 133 Å². The Balaban J connectivity index is 2.05. The molecule has 0 saturated carbocycles. The second kappa shape index (κ2) is 7.15. The highest BCUT2D eigenvalue weighted by molar-refractivity contribution is 7.13. The minimum Gasteiger partial charge on any atom is -0.325 e. The van der Waals surface area contributed by atoms with Gasteiger partial charge in [-0.25, -0.2) is 4.98 Å². The van der Waals surface area contributed by atoms with Crippen molar-refractivity contribution in [3.05, 3.63) is 40.9 Å². The third-order valence-corrected chi connectivity index (χ3v) is 3.56. The van der Waals surface area contributed by atoms with Crippen LogP contribution >= 0.6 is 11.3 Å². The molecule has 1 aromatic heterocycles. The highest BCUT2D eigenvalue weighted by atomic mass is 32.1. The summed E-state index contributed by atoms with van der Waals surface area (Å²) < 4.78 is 0. The van der Waals surface area contributed by atoms with Crippen LogP contribution in [0.15, 0.2) is 29.8 Å². The number of likely N-dealkylation sites (N-methyl/N-ethyl adjacent to an activating group) is 1. The summed E-state index contributed by atoms with van der Waals surface area (Å²) in [6, 6.07) is 5.16. The smallest absolute Gasteiger partial charge is 0.257 e. The SMILES string of the molecule is Cc1cc(C(=O)Nc2nccs2)ccc1NC(=O)CN(C)C. The van der Waals surface area contributed by atoms with Crippen molar-refractivity contribution in [3.63, 3.8) is 0 Å². The molecule has 0 aliphatic heterocycles. The Hall–Kier alpha value is -2.25. The molecule has 7 heteroatoms. The van der Waals surface area contributed by atoms with Crippen molar-refractivity contribution >= 4 is 34.0 Å². The summed E-state index contributed by atoms with van der Waals surface area (Å²) in [7, 11) is 3.66. The van der Waals surface area contributed by atoms with E-state index in [-0.39, 0.29) is 11.8 Å². The molecular formula is C15H18N4O2S. The number of hydrogen-bond donors (Lipinski definition) is 2. The lowest BCUT2D eigenvalue weighted by Gasteiger charge is -2.12. The molecule has 1 aromatic carbocycles. The monoisotopic (exact) mass is 318 g/mol. The van der Waals surface area contributed by atoms with Crippen LogP contribution in [0.2, 0.25) is 0 Å². The van der Waals surface area contributed by atoms with Gasteiger partial charge in [0.05, 0.1) is 6.54 Å². The van der Waals surface area contributed by atoms with Crippen LogP contribution in [-0.2, 0) is 4.79 Å². The fourth-order valence-corrected chi connectivity index (χ4v) is 2.40. The number of thiazole rings is 1. The van der Waals surface area contributed by atoms with Gasteiger partial charge in [0.2, 0.25) is 5.91 Å². The zero-order valence-corrected chi connectivity index (χ0v) is 13.5. The highest BCUT2D eigenvalue weighted by Crippen LogP contribution is 2.18. The quantitative estimate of drug-likeness (QED) is 0.886. The van der Waals surface area contributed by atoms with Crippen molar-refractivity contribution < 1.29 is 9.59 Å². The second-order valence-electron chi connectivity index (χ2n) is 5.11. The van der Waals surface area contributed by atoms with Gasteiger partial charge >= 0.3 is 0 Å². The normalized spacial score (nSPS) is 10.5. The van der Waals surface area contributed by atoms with Crippen molar-refractivity contribution in [3.8, 4) is 0 Å². The number of hydrogen-bond acceptors (Lipinski definition) is 5. The lowest BCUT2D eigenvalue weighted by molar-refractivity contribution is -0.116. The van der Waals surface area contributed by atoms with E-state index in [1.807, 2.05) is 21.0 Å². The summed E-state index contributed by atoms with van der Waals surface area (Å²) in [5.74, 6) is -0.308. The van der Waals surface area contributed by atoms with Crippen LogP contribution in [0, 0.1) is 6.92 Å². The first-order valence-electron chi connectivity index (χ1n) is 6.72. The maximum absolute atomic E-state index is 12.1. The molecule has 2 N–H and O–H groups in total. The van der Waals surface area contributed by atoms with Gasteiger partial charge < -0.3 is 10.2 Å². The van der Waals surface area contributed by atoms with Gasteiger partial charge in [-0.2, -0.15) is 0 Å². The van der Waals surface area contributed by atoms with Gasteiger partial charge in [0.25, 0.3) is 5.91 Å². The minimum atomic E-state index is -0.218. The average Bonchev–Trinajstić information content (AvgIpc) is 2.93. The number of nitrogens with zero attached hydrogens (tertiary/aromatic N) is 2. The molecule has 0 saturated heterocycles. The Morgan fingerprint density at radius 2 is 2.05 bits per heavy atom. The molecule has 22 heavy (non-hydrogen) atoms. The molecule has 0 spiro atoms. The second-order valence-corrected chi connectivity index (χ2v) is 6.00. The zero-order chi connectivity index (χ0) is 16.1. The van der Waals surface area contributed by atoms with Gasteiger partial charge in [-0.15, -0.1) is 11.3 Å². The molecule has 1 heterocycles. The molecule has 0 atom stereocenters. The number of anilines is 2. The van der Waals surface area contributed by atoms with Gasteiger partial charge in [0.15, 0.2) is 5.13 Å². The minimum absolute atomic E-state index is 0.0897. The van der Waals surface area contributed by atoms with Crippen molar-refractivity contribution in [1.29, 1.82) is 0 Å². The van der Waals surface area contributed by atoms with Crippen molar-refractivity contribution in [1.82, 2.24) is 9.88 Å². The third kappa shape index (κ3) is 4.37. The summed E-state index contributed by atoms with van der Waals surface area (Å²) in [5.41, 5.74) is 2.06. The Kier molecular flexibility index (Phi) is 5.24. The molecule has 0 aliphatic rings. The van der Waals surface area contributed by atoms with Crippen LogP contribution < -0.4 is 10.6 Å². The average molecular weight is 318 g/mol. The standard InChI is InChI=1S/C15H18N4O2S/c1-10-8-11(14(21)18-15-16-6-7-22-15)4-5-12(10)17-13(20)9-19(2)3/h4-8H,9H2,1-3H3,(H,17,20)(H,16,18,21). The van der Waals surface area contributed by atoms with E-state index in [2.05, 4.69) is 15.6 Å². The fourth-order valence-electron chi connectivity index (χ4n) is 1.88. The summed E-state index contributed by atoms with van der Waals surface area (Å²) in [4.78, 5) is 29.7. The van der Waals surface area contributed by atoms with Crippen LogP contribution in [0.1, 0.15) is 15.9 Å². The molecule has 116 valence electrons. The van der Waals surface area contributed by atoms with Crippen molar-refractivity contribution in [2.75, 3.05) is 31.3 Å². The first-order chi connectivity index (χ1) is 10.5. The summed E-state index contributed by atoms with van der Waals surface area (Å²) in [5, 5.41) is 7.91. The number of rotatable bonds is 5. The lowest BCUT2D eigenvalue weighted by Crippen LogP contribution is -2.27. The largest absolute Gasteiger partial charge is 0.325 e. The Morgan fingerprint density at radius 3 is 2.64 bits per heavy atom. The molecule has 0 bridgehead atoms. The first-order valence-corrected chi connectivity index (χ1v) is 7.60. The third-order valence-electron chi connectivity index (χ3n) is 2.88. The number of nitrogens with one attached hydrogen (secondary N) is 2. The van der Waals surface area contributed by atoms with Gasteiger partial charge in [0.1, 0.15) is 0 Å². The molecule has 2 amide bonds. The van der Waals surface area contributed by atoms with Crippen molar-refractivity contribution in [2.24, 2.45) is 0 Å². The predicted octanol–water partition coefficient (Wildman–Crippen LogP) is 2.20. The number of amides is 2. The van der Waals surface area contributed by atoms with E-state index in [9.17, 15) is 9.59 Å². The maximum atomic E-state index is 12.1. The number of aromatic nitrogens is 1. The zero-order valence-electron chi connectivity index (χ0n) is 12.7. The molecule has 0 unspecified atom stereocenters. The number of carbonyl (C=O) groups is 2. The van der Waals surface area contributed by atoms with Crippen molar-refractivity contribution in [2.45, 2.75) is 6.92 Å². The van der Waals surface area contributed by atoms with Crippen LogP contribution in [0.5, 0.6) is 0 Å². The van der Waals surface area contributed by atoms with Gasteiger partial charge in [0, 0.05) is 22.8 Å². The first kappa shape index (κ1) is 16.1. The molecule has 0 fully saturated rings. The van der Waals surface area contributed by atoms with Crippen LogP contribution in [0.4, 0.5) is 10.8 Å². The summed E-state index contributed by atoms with van der Waals surface area (Å²) >= 11 is 1.36. The van der Waals surface area contributed by atoms with E-state index in [4.69, 9.17) is 0 Å². The van der Waals surface area contributed by atoms with Crippen LogP contribution in [0.3, 0.4) is 0 Å². The predicted molar refractivity (Wildman–Crippen MR) is 88.4 cm³/mol. The van der Waals surface area contributed by atoms with E-state index < -0.39 is 0 Å². The summed E-state index contributed by atoms with van der Waals surface area (Å²) in [6.45, 7) is 2.16. The molecule has 0 aliphatic carbocycles. The molecule has 2 aromatic rings. The number of benzene rings is 1. The van der Waals surface area contributed by atoms with Gasteiger partial charge in [-0.3, -0.25) is 14.9 Å². The fraction of sp³-hybridized carbons (Fsp3) is 0.267. The number of aryl methyl sites for hydroxylation is 1. The molecule has 6 nitrogen and oxygen atoms in total. The van der Waals surface area contributed by atoms with E-state index in [1.165, 1.54) is 11.3 Å². The Bertz CT molecular complexity index is 668. The van der Waals surface area contributed by atoms with Crippen LogP contribution in [0.25, 0.3) is 0 Å². The molecular weight excluding hydrogens is 300 g/mol. The highest BCUT2D eigenvalue weighted by Gasteiger charge is 2.11. The van der Waals surface area contributed by atoms with E-state index >= 15 is 0 Å². The van der Waals surface area contributed by atoms with Crippen LogP contribution in [-0.4, -0.2) is 42.3 Å². The van der Waals surface area contributed by atoms with E-state index in [0.717, 1.165) is 5.56 Å². The maximum Gasteiger partial charge on any atom is 0.257 e. The number of carbonyl (C=O) groups excluding carboxylic acids is 2. The summed E-state index contributed by atoms with van der Waals surface area (Å²) in [6.07, 6.45) is 1.63. The van der Waals surface area contributed by atoms with Gasteiger partial charge in [-0.1, -0.05) is 0 Å². The molecule has 0 radical (unpaired) electrons. The Morgan fingerprint density at radius 1 is 1.27 bits per heavy atom. The van der Waals surface area contributed by atoms with Gasteiger partial charge in [-0.05, 0) is 44.8 Å². The molecule has 2 rings (SSSR count). The lowest BCUT2D eigenvalue weighted by atomic mass is 10.1. The van der Waals surface area contributed by atoms with E-state index in [0.29, 0.717) is 22.9 Å². The van der Waals surface area contributed by atoms with E-state index in [1.54, 1.807) is 34.7 Å². The topological polar surface area (TPSA) is 74.3 Å².